The van der Waals surface area contributed by atoms with Gasteiger partial charge in [0, 0.05) is 14.2 Å². The zero-order valence-electron chi connectivity index (χ0n) is 8.90. The molecule has 0 heterocycles. The van der Waals surface area contributed by atoms with E-state index in [0.717, 1.165) is 6.42 Å². The van der Waals surface area contributed by atoms with Crippen LogP contribution in [0.1, 0.15) is 6.42 Å². The van der Waals surface area contributed by atoms with Crippen LogP contribution in [0.15, 0.2) is 30.3 Å². The molecule has 1 aromatic carbocycles. The highest BCUT2D eigenvalue weighted by atomic mass is 28.2. The highest BCUT2D eigenvalue weighted by Gasteiger charge is 2.04. The van der Waals surface area contributed by atoms with Crippen LogP contribution >= 0.6 is 0 Å². The summed E-state index contributed by atoms with van der Waals surface area (Å²) in [6.07, 6.45) is 0.986. The van der Waals surface area contributed by atoms with E-state index in [4.69, 9.17) is 9.47 Å². The van der Waals surface area contributed by atoms with Crippen molar-refractivity contribution in [2.24, 2.45) is 0 Å². The predicted octanol–water partition coefficient (Wildman–Crippen LogP) is 0.908. The molecule has 0 atom stereocenters. The summed E-state index contributed by atoms with van der Waals surface area (Å²) in [6.45, 7) is 0. The van der Waals surface area contributed by atoms with Gasteiger partial charge in [0.1, 0.15) is 0 Å². The minimum Gasteiger partial charge on any atom is -0.356 e. The first-order chi connectivity index (χ1) is 6.86. The molecule has 0 bridgehead atoms. The Morgan fingerprint density at radius 2 is 1.79 bits per heavy atom. The zero-order valence-corrected chi connectivity index (χ0v) is 10.3. The average molecular weight is 210 g/mol. The van der Waals surface area contributed by atoms with E-state index in [2.05, 4.69) is 30.3 Å². The predicted molar refractivity (Wildman–Crippen MR) is 61.9 cm³/mol. The fourth-order valence-electron chi connectivity index (χ4n) is 1.45. The minimum atomic E-state index is -0.133. The molecule has 1 rings (SSSR count). The Labute approximate surface area is 88.1 Å². The van der Waals surface area contributed by atoms with Crippen LogP contribution in [0.2, 0.25) is 6.04 Å². The van der Waals surface area contributed by atoms with Crippen molar-refractivity contribution in [1.29, 1.82) is 0 Å². The summed E-state index contributed by atoms with van der Waals surface area (Å²) in [4.78, 5) is 0. The lowest BCUT2D eigenvalue weighted by Gasteiger charge is -2.12. The number of hydrogen-bond acceptors (Lipinski definition) is 2. The fraction of sp³-hybridized carbons (Fsp3) is 0.455. The van der Waals surface area contributed by atoms with E-state index in [0.29, 0.717) is 0 Å². The summed E-state index contributed by atoms with van der Waals surface area (Å²) < 4.78 is 10.3. The monoisotopic (exact) mass is 210 g/mol. The van der Waals surface area contributed by atoms with Crippen LogP contribution in [0.25, 0.3) is 0 Å². The Balaban J connectivity index is 2.21. The van der Waals surface area contributed by atoms with Crippen LogP contribution in [-0.4, -0.2) is 30.0 Å². The van der Waals surface area contributed by atoms with Gasteiger partial charge in [0.25, 0.3) is 0 Å². The smallest absolute Gasteiger partial charge is 0.156 e. The zero-order chi connectivity index (χ0) is 10.2. The largest absolute Gasteiger partial charge is 0.356 e. The first-order valence-corrected chi connectivity index (χ1v) is 6.67. The van der Waals surface area contributed by atoms with Crippen LogP contribution in [0.4, 0.5) is 0 Å². The molecule has 0 aromatic heterocycles. The lowest BCUT2D eigenvalue weighted by Crippen LogP contribution is -2.18. The van der Waals surface area contributed by atoms with Crippen molar-refractivity contribution in [3.05, 3.63) is 30.3 Å². The minimum absolute atomic E-state index is 0.0220. The molecule has 0 N–H and O–H groups in total. The van der Waals surface area contributed by atoms with E-state index >= 15 is 0 Å². The average Bonchev–Trinajstić information content (AvgIpc) is 2.26. The number of methoxy groups -OCH3 is 2. The highest BCUT2D eigenvalue weighted by molar-refractivity contribution is 6.53. The van der Waals surface area contributed by atoms with E-state index in [1.54, 1.807) is 14.2 Å². The molecule has 0 aliphatic rings. The van der Waals surface area contributed by atoms with Crippen LogP contribution < -0.4 is 5.19 Å². The summed E-state index contributed by atoms with van der Waals surface area (Å²) >= 11 is 0. The standard InChI is InChI=1S/C11H18O2Si/c1-12-11(13-2)8-9-14-10-6-4-3-5-7-10/h3-7,11H,8-9,14H2,1-2H3. The van der Waals surface area contributed by atoms with Gasteiger partial charge in [0.15, 0.2) is 6.29 Å². The Hall–Kier alpha value is -0.643. The molecular formula is C11H18O2Si. The van der Waals surface area contributed by atoms with Gasteiger partial charge in [-0.25, -0.2) is 0 Å². The molecular weight excluding hydrogens is 192 g/mol. The van der Waals surface area contributed by atoms with Gasteiger partial charge in [0.05, 0.1) is 9.52 Å². The molecule has 0 saturated heterocycles. The molecule has 3 heteroatoms. The van der Waals surface area contributed by atoms with Crippen LogP contribution in [0, 0.1) is 0 Å². The van der Waals surface area contributed by atoms with Crippen LogP contribution in [0.5, 0.6) is 0 Å². The second kappa shape index (κ2) is 6.76. The van der Waals surface area contributed by atoms with Gasteiger partial charge in [-0.05, 0) is 6.42 Å². The molecule has 0 amide bonds. The molecule has 0 radical (unpaired) electrons. The van der Waals surface area contributed by atoms with Gasteiger partial charge in [-0.2, -0.15) is 0 Å². The number of rotatable bonds is 6. The number of ether oxygens (including phenoxy) is 2. The Kier molecular flexibility index (Phi) is 5.52. The summed E-state index contributed by atoms with van der Waals surface area (Å²) in [5.41, 5.74) is 0. The highest BCUT2D eigenvalue weighted by Crippen LogP contribution is 2.01. The first-order valence-electron chi connectivity index (χ1n) is 4.96. The summed E-state index contributed by atoms with van der Waals surface area (Å²) in [5.74, 6) is 0. The number of hydrogen-bond donors (Lipinski definition) is 0. The normalized spacial score (nSPS) is 11.6. The van der Waals surface area contributed by atoms with Crippen molar-refractivity contribution >= 4 is 14.7 Å². The first kappa shape index (κ1) is 11.4. The summed E-state index contributed by atoms with van der Waals surface area (Å²) in [5, 5.41) is 1.51. The van der Waals surface area contributed by atoms with E-state index in [-0.39, 0.29) is 15.8 Å². The Bertz CT molecular complexity index is 234. The van der Waals surface area contributed by atoms with Crippen molar-refractivity contribution in [1.82, 2.24) is 0 Å². The van der Waals surface area contributed by atoms with E-state index in [1.807, 2.05) is 0 Å². The van der Waals surface area contributed by atoms with Gasteiger partial charge in [-0.15, -0.1) is 0 Å². The lowest BCUT2D eigenvalue weighted by atomic mass is 10.4. The van der Waals surface area contributed by atoms with Crippen LogP contribution in [-0.2, 0) is 9.47 Å². The molecule has 0 saturated carbocycles. The maximum absolute atomic E-state index is 5.14. The molecule has 0 spiro atoms. The van der Waals surface area contributed by atoms with Gasteiger partial charge in [-0.1, -0.05) is 41.6 Å². The molecule has 1 aromatic rings. The molecule has 78 valence electrons. The lowest BCUT2D eigenvalue weighted by molar-refractivity contribution is -0.103. The fourth-order valence-corrected chi connectivity index (χ4v) is 3.00. The third-order valence-corrected chi connectivity index (χ3v) is 4.08. The maximum Gasteiger partial charge on any atom is 0.156 e. The summed E-state index contributed by atoms with van der Waals surface area (Å²) in [7, 11) is 3.25. The van der Waals surface area contributed by atoms with Crippen molar-refractivity contribution < 1.29 is 9.47 Å². The third-order valence-electron chi connectivity index (χ3n) is 2.27. The molecule has 0 aliphatic heterocycles. The Morgan fingerprint density at radius 3 is 2.36 bits per heavy atom. The second-order valence-electron chi connectivity index (χ2n) is 3.28. The van der Waals surface area contributed by atoms with Crippen molar-refractivity contribution in [2.45, 2.75) is 18.8 Å². The molecule has 0 aliphatic carbocycles. The summed E-state index contributed by atoms with van der Waals surface area (Å²) in [6, 6.07) is 11.9. The van der Waals surface area contributed by atoms with E-state index < -0.39 is 0 Å². The van der Waals surface area contributed by atoms with Crippen LogP contribution in [0.3, 0.4) is 0 Å². The SMILES string of the molecule is COC(CC[SiH2]c1ccccc1)OC. The van der Waals surface area contributed by atoms with Crippen molar-refractivity contribution in [3.63, 3.8) is 0 Å². The number of benzene rings is 1. The maximum atomic E-state index is 5.14. The Morgan fingerprint density at radius 1 is 1.14 bits per heavy atom. The molecule has 2 nitrogen and oxygen atoms in total. The third kappa shape index (κ3) is 4.04. The van der Waals surface area contributed by atoms with E-state index in [1.165, 1.54) is 11.2 Å². The molecule has 14 heavy (non-hydrogen) atoms. The second-order valence-corrected chi connectivity index (χ2v) is 5.30. The van der Waals surface area contributed by atoms with Gasteiger partial charge in [-0.3, -0.25) is 0 Å². The molecule has 0 fully saturated rings. The quantitative estimate of drug-likeness (QED) is 0.513. The molecule has 0 unspecified atom stereocenters. The topological polar surface area (TPSA) is 18.5 Å². The van der Waals surface area contributed by atoms with Gasteiger partial charge in [0.2, 0.25) is 0 Å². The van der Waals surface area contributed by atoms with Gasteiger partial charge >= 0.3 is 0 Å². The van der Waals surface area contributed by atoms with Gasteiger partial charge < -0.3 is 9.47 Å². The van der Waals surface area contributed by atoms with E-state index in [9.17, 15) is 0 Å². The van der Waals surface area contributed by atoms with Crippen molar-refractivity contribution in [3.8, 4) is 0 Å². The van der Waals surface area contributed by atoms with Crippen molar-refractivity contribution in [2.75, 3.05) is 14.2 Å².